The zero-order chi connectivity index (χ0) is 11.5. The van der Waals surface area contributed by atoms with E-state index in [4.69, 9.17) is 25.5 Å². The van der Waals surface area contributed by atoms with Crippen LogP contribution in [-0.4, -0.2) is 55.6 Å². The first-order valence-corrected chi connectivity index (χ1v) is 3.33. The molecule has 2 unspecified atom stereocenters. The van der Waals surface area contributed by atoms with Gasteiger partial charge in [0.1, 0.15) is 5.92 Å². The summed E-state index contributed by atoms with van der Waals surface area (Å²) in [6, 6.07) is 0. The molecule has 0 spiro atoms. The van der Waals surface area contributed by atoms with E-state index >= 15 is 0 Å². The van der Waals surface area contributed by atoms with Crippen molar-refractivity contribution in [1.82, 2.24) is 0 Å². The van der Waals surface area contributed by atoms with Gasteiger partial charge in [-0.05, 0) is 0 Å². The predicted molar refractivity (Wildman–Crippen MR) is 38.4 cm³/mol. The van der Waals surface area contributed by atoms with Crippen LogP contribution in [0.2, 0.25) is 0 Å². The maximum Gasteiger partial charge on any atom is 0.333 e. The number of hydrogen-bond donors (Lipinski definition) is 5. The zero-order valence-electron chi connectivity index (χ0n) is 6.69. The van der Waals surface area contributed by atoms with Gasteiger partial charge in [0.25, 0.3) is 0 Å². The largest absolute Gasteiger partial charge is 0.481 e. The summed E-state index contributed by atoms with van der Waals surface area (Å²) in [4.78, 5) is 30.7. The van der Waals surface area contributed by atoms with Crippen molar-refractivity contribution in [3.8, 4) is 0 Å². The van der Waals surface area contributed by atoms with Gasteiger partial charge in [-0.3, -0.25) is 4.79 Å². The summed E-state index contributed by atoms with van der Waals surface area (Å²) in [6.07, 6.45) is -4.95. The molecule has 5 N–H and O–H groups in total. The maximum atomic E-state index is 10.3. The molecule has 0 heterocycles. The highest BCUT2D eigenvalue weighted by Gasteiger charge is 2.41. The third kappa shape index (κ3) is 2.68. The Labute approximate surface area is 77.0 Å². The predicted octanol–water partition coefficient (Wildman–Crippen LogP) is -2.42. The average Bonchev–Trinajstić information content (AvgIpc) is 2.03. The molecule has 0 saturated carbocycles. The van der Waals surface area contributed by atoms with Gasteiger partial charge in [-0.2, -0.15) is 0 Å². The van der Waals surface area contributed by atoms with E-state index in [-0.39, 0.29) is 0 Å². The molecule has 0 amide bonds. The Morgan fingerprint density at radius 3 is 1.14 bits per heavy atom. The first-order valence-electron chi connectivity index (χ1n) is 3.33. The number of carboxylic acids is 3. The molecule has 0 aliphatic carbocycles. The molecule has 0 aliphatic heterocycles. The molecule has 0 saturated heterocycles. The second-order valence-electron chi connectivity index (χ2n) is 2.43. The lowest BCUT2D eigenvalue weighted by atomic mass is 9.96. The van der Waals surface area contributed by atoms with Gasteiger partial charge in [0.05, 0.1) is 0 Å². The van der Waals surface area contributed by atoms with Crippen LogP contribution in [0.5, 0.6) is 0 Å². The minimum Gasteiger partial charge on any atom is -0.481 e. The summed E-state index contributed by atoms with van der Waals surface area (Å²) < 4.78 is 0. The number of aliphatic hydroxyl groups is 2. The number of hydrogen-bond acceptors (Lipinski definition) is 5. The van der Waals surface area contributed by atoms with Gasteiger partial charge in [0.2, 0.25) is 0 Å². The highest BCUT2D eigenvalue weighted by molar-refractivity contribution is 5.87. The Balaban J connectivity index is 4.86. The molecule has 8 nitrogen and oxygen atoms in total. The van der Waals surface area contributed by atoms with E-state index in [2.05, 4.69) is 0 Å². The fourth-order valence-electron chi connectivity index (χ4n) is 0.750. The summed E-state index contributed by atoms with van der Waals surface area (Å²) in [5.41, 5.74) is 0. The number of aliphatic hydroxyl groups excluding tert-OH is 2. The quantitative estimate of drug-likeness (QED) is 0.334. The van der Waals surface area contributed by atoms with Crippen LogP contribution in [0.15, 0.2) is 0 Å². The van der Waals surface area contributed by atoms with Crippen LogP contribution in [0, 0.1) is 5.92 Å². The SMILES string of the molecule is O=C(O)C(O)C(C(=O)O)C(O)C(=O)O. The Kier molecular flexibility index (Phi) is 3.99. The van der Waals surface area contributed by atoms with E-state index in [9.17, 15) is 14.4 Å². The topological polar surface area (TPSA) is 152 Å². The van der Waals surface area contributed by atoms with Crippen LogP contribution in [0.1, 0.15) is 0 Å². The standard InChI is InChI=1S/C6H8O8/c7-2(5(11)12)1(4(9)10)3(8)6(13)14/h1-3,7-8H,(H,9,10)(H,11,12)(H,13,14). The summed E-state index contributed by atoms with van der Waals surface area (Å²) in [7, 11) is 0. The summed E-state index contributed by atoms with van der Waals surface area (Å²) in [6.45, 7) is 0. The molecule has 8 heteroatoms. The van der Waals surface area contributed by atoms with Crippen LogP contribution in [0.4, 0.5) is 0 Å². The molecule has 14 heavy (non-hydrogen) atoms. The molecule has 0 aromatic rings. The van der Waals surface area contributed by atoms with Crippen LogP contribution >= 0.6 is 0 Å². The maximum absolute atomic E-state index is 10.3. The molecular weight excluding hydrogens is 200 g/mol. The highest BCUT2D eigenvalue weighted by atomic mass is 16.4. The summed E-state index contributed by atoms with van der Waals surface area (Å²) >= 11 is 0. The van der Waals surface area contributed by atoms with E-state index in [0.29, 0.717) is 0 Å². The molecule has 0 aromatic carbocycles. The number of rotatable bonds is 5. The van der Waals surface area contributed by atoms with Gasteiger partial charge in [-0.1, -0.05) is 0 Å². The molecule has 80 valence electrons. The first kappa shape index (κ1) is 12.3. The molecular formula is C6H8O8. The van der Waals surface area contributed by atoms with E-state index in [1.165, 1.54) is 0 Å². The van der Waals surface area contributed by atoms with Crippen molar-refractivity contribution in [2.24, 2.45) is 5.92 Å². The molecule has 0 aromatic heterocycles. The Bertz CT molecular complexity index is 239. The van der Waals surface area contributed by atoms with E-state index in [1.807, 2.05) is 0 Å². The molecule has 0 fully saturated rings. The van der Waals surface area contributed by atoms with Crippen molar-refractivity contribution < 1.29 is 39.9 Å². The van der Waals surface area contributed by atoms with Gasteiger partial charge >= 0.3 is 17.9 Å². The molecule has 0 bridgehead atoms. The number of aliphatic carboxylic acids is 3. The van der Waals surface area contributed by atoms with E-state index in [1.54, 1.807) is 0 Å². The van der Waals surface area contributed by atoms with Crippen molar-refractivity contribution in [3.05, 3.63) is 0 Å². The van der Waals surface area contributed by atoms with Gasteiger partial charge < -0.3 is 25.5 Å². The third-order valence-electron chi connectivity index (χ3n) is 1.47. The van der Waals surface area contributed by atoms with Crippen molar-refractivity contribution in [3.63, 3.8) is 0 Å². The van der Waals surface area contributed by atoms with Crippen molar-refractivity contribution in [2.75, 3.05) is 0 Å². The van der Waals surface area contributed by atoms with Crippen LogP contribution < -0.4 is 0 Å². The smallest absolute Gasteiger partial charge is 0.333 e. The second-order valence-corrected chi connectivity index (χ2v) is 2.43. The van der Waals surface area contributed by atoms with Gasteiger partial charge in [-0.25, -0.2) is 9.59 Å². The van der Waals surface area contributed by atoms with Crippen LogP contribution in [-0.2, 0) is 14.4 Å². The fraction of sp³-hybridized carbons (Fsp3) is 0.500. The molecule has 2 atom stereocenters. The minimum absolute atomic E-state index is 1.91. The number of carbonyl (C=O) groups is 3. The van der Waals surface area contributed by atoms with Gasteiger partial charge in [0.15, 0.2) is 12.2 Å². The zero-order valence-corrected chi connectivity index (χ0v) is 6.69. The third-order valence-corrected chi connectivity index (χ3v) is 1.47. The lowest BCUT2D eigenvalue weighted by Gasteiger charge is -2.17. The van der Waals surface area contributed by atoms with Gasteiger partial charge in [0, 0.05) is 0 Å². The Morgan fingerprint density at radius 1 is 0.714 bits per heavy atom. The van der Waals surface area contributed by atoms with Gasteiger partial charge in [-0.15, -0.1) is 0 Å². The Hall–Kier alpha value is -1.67. The molecule has 0 radical (unpaired) electrons. The van der Waals surface area contributed by atoms with Crippen molar-refractivity contribution in [2.45, 2.75) is 12.2 Å². The van der Waals surface area contributed by atoms with E-state index in [0.717, 1.165) is 0 Å². The second kappa shape index (κ2) is 4.53. The van der Waals surface area contributed by atoms with Crippen LogP contribution in [0.25, 0.3) is 0 Å². The van der Waals surface area contributed by atoms with Crippen LogP contribution in [0.3, 0.4) is 0 Å². The lowest BCUT2D eigenvalue weighted by Crippen LogP contribution is -2.45. The van der Waals surface area contributed by atoms with Crippen molar-refractivity contribution in [1.29, 1.82) is 0 Å². The normalized spacial score (nSPS) is 16.7. The molecule has 0 rings (SSSR count). The number of carboxylic acid groups (broad SMARTS) is 3. The fourth-order valence-corrected chi connectivity index (χ4v) is 0.750. The first-order chi connectivity index (χ1) is 6.29. The lowest BCUT2D eigenvalue weighted by molar-refractivity contribution is -0.172. The minimum atomic E-state index is -2.47. The highest BCUT2D eigenvalue weighted by Crippen LogP contribution is 2.11. The monoisotopic (exact) mass is 208 g/mol. The summed E-state index contributed by atoms with van der Waals surface area (Å²) in [5.74, 6) is -8.05. The average molecular weight is 208 g/mol. The summed E-state index contributed by atoms with van der Waals surface area (Å²) in [5, 5.41) is 42.3. The molecule has 0 aliphatic rings. The Morgan fingerprint density at radius 2 is 1.00 bits per heavy atom. The van der Waals surface area contributed by atoms with Crippen molar-refractivity contribution >= 4 is 17.9 Å². The van der Waals surface area contributed by atoms with E-state index < -0.39 is 36.0 Å².